The zero-order valence-electron chi connectivity index (χ0n) is 12.0. The molecule has 1 atom stereocenters. The Kier molecular flexibility index (Phi) is 6.35. The largest absolute Gasteiger partial charge is 0.376 e. The fourth-order valence-corrected chi connectivity index (χ4v) is 2.20. The molecule has 1 aromatic rings. The van der Waals surface area contributed by atoms with E-state index in [2.05, 4.69) is 27.5 Å². The first-order valence-electron chi connectivity index (χ1n) is 6.92. The maximum Gasteiger partial charge on any atom is 0.191 e. The highest BCUT2D eigenvalue weighted by atomic mass is 32.2. The minimum absolute atomic E-state index is 0.0866. The molecule has 0 aromatic carbocycles. The van der Waals surface area contributed by atoms with Crippen LogP contribution in [0.1, 0.15) is 13.3 Å². The van der Waals surface area contributed by atoms with Gasteiger partial charge in [0.25, 0.3) is 0 Å². The Morgan fingerprint density at radius 1 is 1.30 bits per heavy atom. The number of anilines is 2. The van der Waals surface area contributed by atoms with E-state index in [-0.39, 0.29) is 6.10 Å². The summed E-state index contributed by atoms with van der Waals surface area (Å²) >= 11 is 1.53. The topological polar surface area (TPSA) is 68.3 Å². The molecule has 1 unspecified atom stereocenters. The van der Waals surface area contributed by atoms with Crippen LogP contribution in [0.15, 0.2) is 11.2 Å². The van der Waals surface area contributed by atoms with Gasteiger partial charge in [0.15, 0.2) is 5.16 Å². The van der Waals surface area contributed by atoms with Gasteiger partial charge >= 0.3 is 0 Å². The highest BCUT2D eigenvalue weighted by molar-refractivity contribution is 7.98. The monoisotopic (exact) mass is 298 g/mol. The first-order valence-corrected chi connectivity index (χ1v) is 8.14. The van der Waals surface area contributed by atoms with Gasteiger partial charge in [0.1, 0.15) is 11.6 Å². The second-order valence-electron chi connectivity index (χ2n) is 4.50. The number of hydrogen-bond donors (Lipinski definition) is 2. The lowest BCUT2D eigenvalue weighted by atomic mass is 10.3. The Balaban J connectivity index is 1.94. The molecule has 0 saturated carbocycles. The van der Waals surface area contributed by atoms with Gasteiger partial charge in [-0.2, -0.15) is 0 Å². The van der Waals surface area contributed by atoms with Crippen molar-refractivity contribution in [2.45, 2.75) is 24.6 Å². The molecule has 0 spiro atoms. The van der Waals surface area contributed by atoms with E-state index in [9.17, 15) is 0 Å². The lowest BCUT2D eigenvalue weighted by Crippen LogP contribution is -2.34. The second-order valence-corrected chi connectivity index (χ2v) is 5.27. The van der Waals surface area contributed by atoms with Crippen molar-refractivity contribution in [2.24, 2.45) is 0 Å². The van der Waals surface area contributed by atoms with Gasteiger partial charge < -0.3 is 20.1 Å². The lowest BCUT2D eigenvalue weighted by molar-refractivity contribution is -0.0819. The van der Waals surface area contributed by atoms with Crippen LogP contribution in [0.25, 0.3) is 0 Å². The molecule has 1 aliphatic rings. The van der Waals surface area contributed by atoms with Crippen molar-refractivity contribution in [3.05, 3.63) is 6.07 Å². The van der Waals surface area contributed by atoms with E-state index in [1.807, 2.05) is 12.3 Å². The maximum atomic E-state index is 5.60. The Hall–Kier alpha value is -1.05. The number of aromatic nitrogens is 2. The maximum absolute atomic E-state index is 5.60. The van der Waals surface area contributed by atoms with Gasteiger partial charge in [-0.3, -0.25) is 0 Å². The van der Waals surface area contributed by atoms with Crippen LogP contribution in [0.5, 0.6) is 0 Å². The molecule has 1 aromatic heterocycles. The number of nitrogens with one attached hydrogen (secondary N) is 2. The molecule has 1 fully saturated rings. The van der Waals surface area contributed by atoms with E-state index in [4.69, 9.17) is 9.47 Å². The Labute approximate surface area is 124 Å². The van der Waals surface area contributed by atoms with E-state index >= 15 is 0 Å². The average molecular weight is 298 g/mol. The number of ether oxygens (including phenoxy) is 2. The Morgan fingerprint density at radius 3 is 2.75 bits per heavy atom. The van der Waals surface area contributed by atoms with Crippen LogP contribution in [0.3, 0.4) is 0 Å². The number of thioether (sulfide) groups is 1. The summed E-state index contributed by atoms with van der Waals surface area (Å²) in [6.45, 7) is 5.71. The number of hydrogen-bond acceptors (Lipinski definition) is 7. The minimum atomic E-state index is 0.0866. The third-order valence-corrected chi connectivity index (χ3v) is 3.39. The van der Waals surface area contributed by atoms with Crippen LogP contribution >= 0.6 is 11.8 Å². The molecule has 7 heteroatoms. The summed E-state index contributed by atoms with van der Waals surface area (Å²) in [6, 6.07) is 1.93. The van der Waals surface area contributed by atoms with Crippen molar-refractivity contribution < 1.29 is 9.47 Å². The predicted molar refractivity (Wildman–Crippen MR) is 81.6 cm³/mol. The molecule has 1 saturated heterocycles. The molecule has 2 rings (SSSR count). The van der Waals surface area contributed by atoms with E-state index in [1.165, 1.54) is 11.8 Å². The summed E-state index contributed by atoms with van der Waals surface area (Å²) in [6.07, 6.45) is 3.12. The molecule has 1 aliphatic heterocycles. The average Bonchev–Trinajstić information content (AvgIpc) is 2.51. The molecular weight excluding hydrogens is 276 g/mol. The van der Waals surface area contributed by atoms with Gasteiger partial charge in [-0.1, -0.05) is 18.7 Å². The van der Waals surface area contributed by atoms with Crippen LogP contribution in [0, 0.1) is 0 Å². The lowest BCUT2D eigenvalue weighted by Gasteiger charge is -2.23. The van der Waals surface area contributed by atoms with E-state index < -0.39 is 0 Å². The fraction of sp³-hybridized carbons (Fsp3) is 0.692. The molecule has 0 bridgehead atoms. The fourth-order valence-electron chi connectivity index (χ4n) is 1.82. The zero-order valence-corrected chi connectivity index (χ0v) is 12.8. The molecular formula is C13H22N4O2S. The van der Waals surface area contributed by atoms with Crippen LogP contribution in [-0.2, 0) is 9.47 Å². The zero-order chi connectivity index (χ0) is 14.2. The van der Waals surface area contributed by atoms with Crippen molar-refractivity contribution in [3.63, 3.8) is 0 Å². The SMILES string of the molecule is CCCNc1cc(NCC2COCCO2)nc(SC)n1. The quantitative estimate of drug-likeness (QED) is 0.588. The molecule has 0 radical (unpaired) electrons. The molecule has 2 heterocycles. The van der Waals surface area contributed by atoms with Gasteiger partial charge in [-0.05, 0) is 12.7 Å². The summed E-state index contributed by atoms with van der Waals surface area (Å²) in [5.74, 6) is 1.67. The molecule has 0 amide bonds. The van der Waals surface area contributed by atoms with Crippen molar-refractivity contribution in [2.75, 3.05) is 49.8 Å². The van der Waals surface area contributed by atoms with Crippen LogP contribution in [0.2, 0.25) is 0 Å². The normalized spacial score (nSPS) is 18.8. The van der Waals surface area contributed by atoms with Gasteiger partial charge in [-0.25, -0.2) is 9.97 Å². The minimum Gasteiger partial charge on any atom is -0.376 e. The molecule has 20 heavy (non-hydrogen) atoms. The molecule has 112 valence electrons. The summed E-state index contributed by atoms with van der Waals surface area (Å²) in [4.78, 5) is 8.88. The van der Waals surface area contributed by atoms with E-state index in [1.54, 1.807) is 0 Å². The number of rotatable bonds is 7. The van der Waals surface area contributed by atoms with Gasteiger partial charge in [0, 0.05) is 19.2 Å². The highest BCUT2D eigenvalue weighted by Crippen LogP contribution is 2.17. The Bertz CT molecular complexity index is 413. The highest BCUT2D eigenvalue weighted by Gasteiger charge is 2.14. The van der Waals surface area contributed by atoms with Crippen molar-refractivity contribution >= 4 is 23.4 Å². The molecule has 0 aliphatic carbocycles. The Morgan fingerprint density at radius 2 is 2.10 bits per heavy atom. The first-order chi connectivity index (χ1) is 9.81. The third kappa shape index (κ3) is 4.81. The summed E-state index contributed by atoms with van der Waals surface area (Å²) < 4.78 is 11.0. The van der Waals surface area contributed by atoms with E-state index in [0.717, 1.165) is 29.8 Å². The third-order valence-electron chi connectivity index (χ3n) is 2.84. The van der Waals surface area contributed by atoms with Crippen molar-refractivity contribution in [1.82, 2.24) is 9.97 Å². The summed E-state index contributed by atoms with van der Waals surface area (Å²) in [7, 11) is 0. The van der Waals surface area contributed by atoms with Gasteiger partial charge in [0.2, 0.25) is 0 Å². The van der Waals surface area contributed by atoms with Gasteiger partial charge in [-0.15, -0.1) is 0 Å². The number of nitrogens with zero attached hydrogens (tertiary/aromatic N) is 2. The summed E-state index contributed by atoms with van der Waals surface area (Å²) in [5.41, 5.74) is 0. The molecule has 2 N–H and O–H groups in total. The smallest absolute Gasteiger partial charge is 0.191 e. The predicted octanol–water partition coefficient (Wildman–Crippen LogP) is 1.85. The van der Waals surface area contributed by atoms with Gasteiger partial charge in [0.05, 0.1) is 25.9 Å². The van der Waals surface area contributed by atoms with E-state index in [0.29, 0.717) is 26.4 Å². The second kappa shape index (κ2) is 8.28. The van der Waals surface area contributed by atoms with Crippen LogP contribution < -0.4 is 10.6 Å². The first kappa shape index (κ1) is 15.3. The molecule has 6 nitrogen and oxygen atoms in total. The summed E-state index contributed by atoms with van der Waals surface area (Å²) in [5, 5.41) is 7.34. The van der Waals surface area contributed by atoms with Crippen molar-refractivity contribution in [1.29, 1.82) is 0 Å². The van der Waals surface area contributed by atoms with Crippen LogP contribution in [0.4, 0.5) is 11.6 Å². The van der Waals surface area contributed by atoms with Crippen LogP contribution in [-0.4, -0.2) is 55.2 Å². The standard InChI is InChI=1S/C13H22N4O2S/c1-3-4-14-11-7-12(17-13(16-11)20-2)15-8-10-9-18-5-6-19-10/h7,10H,3-6,8-9H2,1-2H3,(H2,14,15,16,17). The van der Waals surface area contributed by atoms with Crippen molar-refractivity contribution in [3.8, 4) is 0 Å².